The van der Waals surface area contributed by atoms with Crippen molar-refractivity contribution in [1.29, 1.82) is 0 Å². The number of rotatable bonds is 3. The van der Waals surface area contributed by atoms with Crippen LogP contribution in [0.5, 0.6) is 0 Å². The molecule has 150 valence electrons. The van der Waals surface area contributed by atoms with Crippen molar-refractivity contribution in [3.8, 4) is 0 Å². The monoisotopic (exact) mass is 412 g/mol. The number of amidine groups is 1. The summed E-state index contributed by atoms with van der Waals surface area (Å²) in [6.45, 7) is 0. The summed E-state index contributed by atoms with van der Waals surface area (Å²) in [4.78, 5) is 30.4. The van der Waals surface area contributed by atoms with Crippen molar-refractivity contribution in [3.05, 3.63) is 40.8 Å². The van der Waals surface area contributed by atoms with Gasteiger partial charge in [-0.3, -0.25) is 9.69 Å². The van der Waals surface area contributed by atoms with E-state index in [9.17, 15) is 22.8 Å². The van der Waals surface area contributed by atoms with Crippen molar-refractivity contribution < 1.29 is 27.5 Å². The zero-order chi connectivity index (χ0) is 20.3. The minimum absolute atomic E-state index is 0.0816. The Morgan fingerprint density at radius 1 is 1.29 bits per heavy atom. The average Bonchev–Trinajstić information content (AvgIpc) is 2.96. The zero-order valence-electron chi connectivity index (χ0n) is 15.2. The Labute approximate surface area is 164 Å². The van der Waals surface area contributed by atoms with Gasteiger partial charge >= 0.3 is 12.1 Å². The number of hydrogen-bond donors (Lipinski definition) is 0. The fraction of sp³-hybridized carbons (Fsp3) is 0.421. The maximum absolute atomic E-state index is 13.0. The Bertz CT molecular complexity index is 830. The lowest BCUT2D eigenvalue weighted by atomic mass is 9.94. The van der Waals surface area contributed by atoms with Crippen molar-refractivity contribution in [3.63, 3.8) is 0 Å². The third kappa shape index (κ3) is 4.57. The molecule has 1 amide bonds. The molecule has 1 saturated heterocycles. The molecule has 1 aromatic carbocycles. The first-order valence-corrected chi connectivity index (χ1v) is 9.68. The van der Waals surface area contributed by atoms with Gasteiger partial charge in [0.1, 0.15) is 0 Å². The number of methoxy groups -OCH3 is 1. The molecule has 1 aromatic rings. The highest BCUT2D eigenvalue weighted by molar-refractivity contribution is 8.18. The van der Waals surface area contributed by atoms with Gasteiger partial charge in [0.05, 0.1) is 23.3 Å². The van der Waals surface area contributed by atoms with E-state index in [1.54, 1.807) is 0 Å². The van der Waals surface area contributed by atoms with E-state index in [0.29, 0.717) is 0 Å². The van der Waals surface area contributed by atoms with Crippen LogP contribution in [0.4, 0.5) is 18.9 Å². The molecular weight excluding hydrogens is 393 g/mol. The maximum atomic E-state index is 13.0. The standard InChI is InChI=1S/C19H19F3N2O3S/c1-27-16(25)11-15-17(26)24(14-8-3-2-4-9-14)18(28-15)23-13-7-5-6-12(10-13)19(20,21)22/h5-7,10-11,14H,2-4,8-9H2,1H3. The van der Waals surface area contributed by atoms with Crippen LogP contribution in [0, 0.1) is 0 Å². The number of thioether (sulfide) groups is 1. The van der Waals surface area contributed by atoms with Crippen molar-refractivity contribution in [2.45, 2.75) is 44.3 Å². The zero-order valence-corrected chi connectivity index (χ0v) is 16.0. The molecule has 5 nitrogen and oxygen atoms in total. The van der Waals surface area contributed by atoms with Crippen LogP contribution in [0.1, 0.15) is 37.7 Å². The van der Waals surface area contributed by atoms with Gasteiger partial charge in [0.25, 0.3) is 5.91 Å². The van der Waals surface area contributed by atoms with Gasteiger partial charge in [0, 0.05) is 12.1 Å². The van der Waals surface area contributed by atoms with Crippen LogP contribution in [-0.4, -0.2) is 35.1 Å². The lowest BCUT2D eigenvalue weighted by molar-refractivity contribution is -0.137. The van der Waals surface area contributed by atoms with Crippen molar-refractivity contribution in [2.24, 2.45) is 4.99 Å². The largest absolute Gasteiger partial charge is 0.466 e. The van der Waals surface area contributed by atoms with Crippen molar-refractivity contribution >= 4 is 34.5 Å². The fourth-order valence-electron chi connectivity index (χ4n) is 3.25. The Balaban J connectivity index is 1.98. The summed E-state index contributed by atoms with van der Waals surface area (Å²) < 4.78 is 43.5. The third-order valence-electron chi connectivity index (χ3n) is 4.63. The Hall–Kier alpha value is -2.29. The van der Waals surface area contributed by atoms with Crippen LogP contribution in [0.3, 0.4) is 0 Å². The lowest BCUT2D eigenvalue weighted by Gasteiger charge is -2.30. The number of benzene rings is 1. The molecule has 1 heterocycles. The smallest absolute Gasteiger partial charge is 0.416 e. The van der Waals surface area contributed by atoms with Crippen LogP contribution in [-0.2, 0) is 20.5 Å². The first-order chi connectivity index (χ1) is 13.3. The summed E-state index contributed by atoms with van der Waals surface area (Å²) in [6.07, 6.45) is 1.21. The van der Waals surface area contributed by atoms with Gasteiger partial charge in [-0.15, -0.1) is 0 Å². The summed E-state index contributed by atoms with van der Waals surface area (Å²) in [5.74, 6) is -1.03. The molecule has 2 fully saturated rings. The van der Waals surface area contributed by atoms with Gasteiger partial charge in [-0.05, 0) is 42.8 Å². The van der Waals surface area contributed by atoms with Gasteiger partial charge in [0.2, 0.25) is 0 Å². The Morgan fingerprint density at radius 3 is 2.64 bits per heavy atom. The predicted octanol–water partition coefficient (Wildman–Crippen LogP) is 4.66. The molecule has 0 aromatic heterocycles. The molecule has 9 heteroatoms. The van der Waals surface area contributed by atoms with Gasteiger partial charge in [0.15, 0.2) is 5.17 Å². The van der Waals surface area contributed by atoms with Gasteiger partial charge in [-0.1, -0.05) is 25.3 Å². The van der Waals surface area contributed by atoms with Crippen molar-refractivity contribution in [2.75, 3.05) is 7.11 Å². The molecule has 3 rings (SSSR count). The number of halogens is 3. The van der Waals surface area contributed by atoms with Crippen LogP contribution in [0.15, 0.2) is 40.2 Å². The van der Waals surface area contributed by atoms with Gasteiger partial charge in [-0.25, -0.2) is 9.79 Å². The molecule has 0 atom stereocenters. The third-order valence-corrected chi connectivity index (χ3v) is 5.61. The first-order valence-electron chi connectivity index (χ1n) is 8.86. The second kappa shape index (κ2) is 8.38. The van der Waals surface area contributed by atoms with E-state index in [2.05, 4.69) is 9.73 Å². The number of ether oxygens (including phenoxy) is 1. The second-order valence-electron chi connectivity index (χ2n) is 6.54. The number of nitrogens with zero attached hydrogens (tertiary/aromatic N) is 2. The van der Waals surface area contributed by atoms with Gasteiger partial charge < -0.3 is 4.74 Å². The summed E-state index contributed by atoms with van der Waals surface area (Å²) in [6, 6.07) is 4.56. The van der Waals surface area contributed by atoms with E-state index in [1.165, 1.54) is 24.1 Å². The minimum atomic E-state index is -4.48. The van der Waals surface area contributed by atoms with Gasteiger partial charge in [-0.2, -0.15) is 13.2 Å². The normalized spacial score (nSPS) is 21.6. The number of esters is 1. The highest BCUT2D eigenvalue weighted by Crippen LogP contribution is 2.38. The van der Waals surface area contributed by atoms with E-state index < -0.39 is 17.7 Å². The number of aliphatic imine (C=N–C) groups is 1. The number of hydrogen-bond acceptors (Lipinski definition) is 5. The molecule has 0 N–H and O–H groups in total. The Kier molecular flexibility index (Phi) is 6.12. The summed E-state index contributed by atoms with van der Waals surface area (Å²) in [7, 11) is 1.21. The van der Waals surface area contributed by atoms with E-state index in [4.69, 9.17) is 0 Å². The predicted molar refractivity (Wildman–Crippen MR) is 99.9 cm³/mol. The molecular formula is C19H19F3N2O3S. The van der Waals surface area contributed by atoms with Crippen LogP contribution < -0.4 is 0 Å². The molecule has 28 heavy (non-hydrogen) atoms. The molecule has 0 radical (unpaired) electrons. The quantitative estimate of drug-likeness (QED) is 0.535. The molecule has 0 unspecified atom stereocenters. The number of amides is 1. The molecule has 1 saturated carbocycles. The lowest BCUT2D eigenvalue weighted by Crippen LogP contribution is -2.40. The van der Waals surface area contributed by atoms with E-state index in [-0.39, 0.29) is 27.7 Å². The molecule has 0 bridgehead atoms. The van der Waals surface area contributed by atoms with E-state index >= 15 is 0 Å². The molecule has 1 aliphatic heterocycles. The van der Waals surface area contributed by atoms with Crippen molar-refractivity contribution in [1.82, 2.24) is 4.90 Å². The van der Waals surface area contributed by atoms with Crippen LogP contribution in [0.2, 0.25) is 0 Å². The second-order valence-corrected chi connectivity index (χ2v) is 7.55. The first kappa shape index (κ1) is 20.4. The van der Waals surface area contributed by atoms with Crippen LogP contribution >= 0.6 is 11.8 Å². The van der Waals surface area contributed by atoms with E-state index in [1.807, 2.05) is 0 Å². The molecule has 1 aliphatic carbocycles. The number of carbonyl (C=O) groups excluding carboxylic acids is 2. The summed E-state index contributed by atoms with van der Waals surface area (Å²) >= 11 is 0.978. The van der Waals surface area contributed by atoms with E-state index in [0.717, 1.165) is 62.1 Å². The molecule has 0 spiro atoms. The summed E-state index contributed by atoms with van der Waals surface area (Å²) in [5, 5.41) is 0.284. The Morgan fingerprint density at radius 2 is 2.00 bits per heavy atom. The summed E-state index contributed by atoms with van der Waals surface area (Å²) in [5.41, 5.74) is -0.705. The highest BCUT2D eigenvalue weighted by atomic mass is 32.2. The topological polar surface area (TPSA) is 59.0 Å². The minimum Gasteiger partial charge on any atom is -0.466 e. The molecule has 2 aliphatic rings. The average molecular weight is 412 g/mol. The number of alkyl halides is 3. The highest BCUT2D eigenvalue weighted by Gasteiger charge is 2.39. The number of carbonyl (C=O) groups is 2. The van der Waals surface area contributed by atoms with Crippen LogP contribution in [0.25, 0.3) is 0 Å². The SMILES string of the molecule is COC(=O)C=C1SC(=Nc2cccc(C(F)(F)F)c2)N(C2CCCCC2)C1=O. The fourth-order valence-corrected chi connectivity index (χ4v) is 4.27. The maximum Gasteiger partial charge on any atom is 0.416 e.